The Balaban J connectivity index is 1.39. The lowest BCUT2D eigenvalue weighted by Gasteiger charge is -2.41. The zero-order chi connectivity index (χ0) is 19.2. The van der Waals surface area contributed by atoms with Crippen LogP contribution in [0.25, 0.3) is 0 Å². The smallest absolute Gasteiger partial charge is 0.223 e. The maximum absolute atomic E-state index is 12.2. The van der Waals surface area contributed by atoms with Crippen molar-refractivity contribution >= 4 is 5.91 Å². The van der Waals surface area contributed by atoms with Gasteiger partial charge in [0.15, 0.2) is 0 Å². The Morgan fingerprint density at radius 1 is 1.19 bits per heavy atom. The number of amides is 1. The number of rotatable bonds is 6. The lowest BCUT2D eigenvalue weighted by Crippen LogP contribution is -2.49. The number of pyridine rings is 1. The molecule has 0 spiro atoms. The minimum Gasteiger partial charge on any atom is -0.352 e. The molecule has 1 aromatic rings. The fraction of sp³-hybridized carbons (Fsp3) is 0.636. The van der Waals surface area contributed by atoms with Gasteiger partial charge in [0.2, 0.25) is 5.91 Å². The predicted molar refractivity (Wildman–Crippen MR) is 109 cm³/mol. The molecule has 27 heavy (non-hydrogen) atoms. The summed E-state index contributed by atoms with van der Waals surface area (Å²) in [5, 5.41) is 3.01. The van der Waals surface area contributed by atoms with E-state index in [9.17, 15) is 4.79 Å². The molecule has 0 unspecified atom stereocenters. The highest BCUT2D eigenvalue weighted by atomic mass is 16.1. The molecule has 148 valence electrons. The maximum Gasteiger partial charge on any atom is 0.223 e. The molecule has 1 aromatic heterocycles. The van der Waals surface area contributed by atoms with E-state index in [1.54, 1.807) is 0 Å². The molecule has 5 nitrogen and oxygen atoms in total. The van der Waals surface area contributed by atoms with Crippen LogP contribution in [0.15, 0.2) is 30.4 Å². The van der Waals surface area contributed by atoms with Crippen LogP contribution in [0, 0.1) is 12.8 Å². The SMILES string of the molecule is C=C(C)CNC(=O)C1CCN(C2CCN(Cc3cccc(C)n3)CC2)CC1. The fourth-order valence-corrected chi connectivity index (χ4v) is 4.27. The molecule has 0 atom stereocenters. The maximum atomic E-state index is 12.2. The van der Waals surface area contributed by atoms with Crippen LogP contribution >= 0.6 is 0 Å². The second kappa shape index (κ2) is 9.47. The molecule has 2 aliphatic rings. The molecule has 2 fully saturated rings. The molecule has 3 heterocycles. The van der Waals surface area contributed by atoms with Crippen molar-refractivity contribution < 1.29 is 4.79 Å². The Labute approximate surface area is 163 Å². The number of likely N-dealkylation sites (tertiary alicyclic amines) is 2. The zero-order valence-corrected chi connectivity index (χ0v) is 16.9. The van der Waals surface area contributed by atoms with Crippen LogP contribution in [-0.2, 0) is 11.3 Å². The van der Waals surface area contributed by atoms with E-state index in [4.69, 9.17) is 0 Å². The van der Waals surface area contributed by atoms with Crippen molar-refractivity contribution in [2.45, 2.75) is 52.1 Å². The lowest BCUT2D eigenvalue weighted by molar-refractivity contribution is -0.126. The van der Waals surface area contributed by atoms with Crippen molar-refractivity contribution in [3.05, 3.63) is 41.7 Å². The van der Waals surface area contributed by atoms with Gasteiger partial charge in [0.1, 0.15) is 0 Å². The van der Waals surface area contributed by atoms with Gasteiger partial charge in [-0.05, 0) is 64.8 Å². The molecule has 1 N–H and O–H groups in total. The summed E-state index contributed by atoms with van der Waals surface area (Å²) in [6.07, 6.45) is 4.40. The molecular weight excluding hydrogens is 336 g/mol. The second-order valence-corrected chi connectivity index (χ2v) is 8.26. The molecule has 2 saturated heterocycles. The van der Waals surface area contributed by atoms with Crippen LogP contribution in [0.4, 0.5) is 0 Å². The van der Waals surface area contributed by atoms with Gasteiger partial charge in [0.25, 0.3) is 0 Å². The van der Waals surface area contributed by atoms with Crippen LogP contribution in [0.5, 0.6) is 0 Å². The van der Waals surface area contributed by atoms with Gasteiger partial charge in [0.05, 0.1) is 5.69 Å². The third kappa shape index (κ3) is 5.88. The van der Waals surface area contributed by atoms with Crippen molar-refractivity contribution in [3.8, 4) is 0 Å². The van der Waals surface area contributed by atoms with Gasteiger partial charge in [0, 0.05) is 43.8 Å². The second-order valence-electron chi connectivity index (χ2n) is 8.26. The Kier molecular flexibility index (Phi) is 7.02. The Morgan fingerprint density at radius 2 is 1.89 bits per heavy atom. The van der Waals surface area contributed by atoms with Crippen LogP contribution in [0.2, 0.25) is 0 Å². The number of nitrogens with one attached hydrogen (secondary N) is 1. The Hall–Kier alpha value is -1.72. The van der Waals surface area contributed by atoms with Crippen molar-refractivity contribution in [1.82, 2.24) is 20.1 Å². The number of carbonyl (C=O) groups is 1. The van der Waals surface area contributed by atoms with Crippen molar-refractivity contribution in [1.29, 1.82) is 0 Å². The zero-order valence-electron chi connectivity index (χ0n) is 16.9. The molecule has 3 rings (SSSR count). The van der Waals surface area contributed by atoms with Crippen LogP contribution < -0.4 is 5.32 Å². The van der Waals surface area contributed by atoms with E-state index in [0.29, 0.717) is 12.6 Å². The quantitative estimate of drug-likeness (QED) is 0.783. The minimum atomic E-state index is 0.174. The van der Waals surface area contributed by atoms with Gasteiger partial charge in [-0.1, -0.05) is 18.2 Å². The van der Waals surface area contributed by atoms with E-state index >= 15 is 0 Å². The molecule has 0 saturated carbocycles. The molecule has 1 amide bonds. The standard InChI is InChI=1S/C22H34N4O/c1-17(2)15-23-22(27)19-7-13-26(14-8-19)21-9-11-25(12-10-21)16-20-6-4-5-18(3)24-20/h4-6,19,21H,1,7-16H2,2-3H3,(H,23,27). The summed E-state index contributed by atoms with van der Waals surface area (Å²) < 4.78 is 0. The number of carbonyl (C=O) groups excluding carboxylic acids is 1. The first-order chi connectivity index (χ1) is 13.0. The number of nitrogens with zero attached hydrogens (tertiary/aromatic N) is 3. The summed E-state index contributed by atoms with van der Waals surface area (Å²) in [6, 6.07) is 6.95. The van der Waals surface area contributed by atoms with Gasteiger partial charge >= 0.3 is 0 Å². The largest absolute Gasteiger partial charge is 0.352 e. The van der Waals surface area contributed by atoms with E-state index in [2.05, 4.69) is 51.8 Å². The van der Waals surface area contributed by atoms with Crippen molar-refractivity contribution in [3.63, 3.8) is 0 Å². The van der Waals surface area contributed by atoms with Gasteiger partial charge in [-0.15, -0.1) is 0 Å². The van der Waals surface area contributed by atoms with Crippen molar-refractivity contribution in [2.24, 2.45) is 5.92 Å². The van der Waals surface area contributed by atoms with E-state index in [-0.39, 0.29) is 11.8 Å². The molecule has 0 bridgehead atoms. The molecule has 0 aliphatic carbocycles. The molecule has 5 heteroatoms. The van der Waals surface area contributed by atoms with E-state index in [1.807, 2.05) is 6.92 Å². The monoisotopic (exact) mass is 370 g/mol. The van der Waals surface area contributed by atoms with Crippen molar-refractivity contribution in [2.75, 3.05) is 32.7 Å². The van der Waals surface area contributed by atoms with Gasteiger partial charge < -0.3 is 10.2 Å². The summed E-state index contributed by atoms with van der Waals surface area (Å²) in [6.45, 7) is 13.8. The van der Waals surface area contributed by atoms with Crippen LogP contribution in [-0.4, -0.2) is 59.5 Å². The van der Waals surface area contributed by atoms with Gasteiger partial charge in [-0.3, -0.25) is 14.7 Å². The Bertz CT molecular complexity index is 643. The predicted octanol–water partition coefficient (Wildman–Crippen LogP) is 2.76. The third-order valence-electron chi connectivity index (χ3n) is 5.87. The summed E-state index contributed by atoms with van der Waals surface area (Å²) in [5.74, 6) is 0.381. The van der Waals surface area contributed by atoms with Gasteiger partial charge in [-0.2, -0.15) is 0 Å². The average Bonchev–Trinajstić information content (AvgIpc) is 2.67. The minimum absolute atomic E-state index is 0.174. The fourth-order valence-electron chi connectivity index (χ4n) is 4.27. The summed E-state index contributed by atoms with van der Waals surface area (Å²) in [5.41, 5.74) is 3.28. The first kappa shape index (κ1) is 20.0. The highest BCUT2D eigenvalue weighted by Crippen LogP contribution is 2.24. The topological polar surface area (TPSA) is 48.5 Å². The molecule has 0 radical (unpaired) electrons. The normalized spacial score (nSPS) is 20.5. The van der Waals surface area contributed by atoms with Crippen LogP contribution in [0.1, 0.15) is 44.0 Å². The van der Waals surface area contributed by atoms with E-state index < -0.39 is 0 Å². The summed E-state index contributed by atoms with van der Waals surface area (Å²) in [4.78, 5) is 22.0. The Morgan fingerprint density at radius 3 is 2.52 bits per heavy atom. The van der Waals surface area contributed by atoms with Crippen LogP contribution in [0.3, 0.4) is 0 Å². The molecule has 0 aromatic carbocycles. The van der Waals surface area contributed by atoms with E-state index in [1.165, 1.54) is 18.5 Å². The first-order valence-electron chi connectivity index (χ1n) is 10.3. The highest BCUT2D eigenvalue weighted by Gasteiger charge is 2.30. The summed E-state index contributed by atoms with van der Waals surface area (Å²) in [7, 11) is 0. The van der Waals surface area contributed by atoms with Gasteiger partial charge in [-0.25, -0.2) is 0 Å². The number of piperidine rings is 2. The molecular formula is C22H34N4O. The van der Waals surface area contributed by atoms with E-state index in [0.717, 1.165) is 56.8 Å². The lowest BCUT2D eigenvalue weighted by atomic mass is 9.92. The average molecular weight is 371 g/mol. The first-order valence-corrected chi connectivity index (χ1v) is 10.3. The number of hydrogen-bond donors (Lipinski definition) is 1. The number of aryl methyl sites for hydroxylation is 1. The summed E-state index contributed by atoms with van der Waals surface area (Å²) >= 11 is 0. The number of aromatic nitrogens is 1. The number of hydrogen-bond acceptors (Lipinski definition) is 4. The third-order valence-corrected chi connectivity index (χ3v) is 5.87. The highest BCUT2D eigenvalue weighted by molar-refractivity contribution is 5.78. The molecule has 2 aliphatic heterocycles.